The van der Waals surface area contributed by atoms with Gasteiger partial charge in [0.2, 0.25) is 0 Å². The summed E-state index contributed by atoms with van der Waals surface area (Å²) >= 11 is 0. The van der Waals surface area contributed by atoms with Crippen molar-refractivity contribution >= 4 is 18.1 Å². The van der Waals surface area contributed by atoms with Crippen LogP contribution in [0.4, 0.5) is 13.2 Å². The van der Waals surface area contributed by atoms with Crippen LogP contribution < -0.4 is 5.32 Å². The van der Waals surface area contributed by atoms with Crippen LogP contribution in [0.15, 0.2) is 35.4 Å². The molecular weight excluding hydrogens is 443 g/mol. The number of hydrogen-bond acceptors (Lipinski definition) is 6. The number of allylic oxidation sites excluding steroid dienone is 1. The first-order valence-corrected chi connectivity index (χ1v) is 10.2. The Morgan fingerprint density at radius 1 is 1.27 bits per heavy atom. The third kappa shape index (κ3) is 4.87. The van der Waals surface area contributed by atoms with Crippen molar-refractivity contribution in [1.82, 2.24) is 15.1 Å². The number of benzene rings is 1. The van der Waals surface area contributed by atoms with Gasteiger partial charge in [-0.15, -0.1) is 0 Å². The zero-order chi connectivity index (χ0) is 24.4. The first kappa shape index (κ1) is 24.3. The molecular formula is C22H24F3N3O5. The van der Waals surface area contributed by atoms with Crippen LogP contribution in [0, 0.1) is 17.5 Å². The highest BCUT2D eigenvalue weighted by Crippen LogP contribution is 2.30. The Bertz CT molecular complexity index is 1020. The molecule has 2 bridgehead atoms. The minimum atomic E-state index is -1.19. The lowest BCUT2D eigenvalue weighted by Gasteiger charge is -2.43. The quantitative estimate of drug-likeness (QED) is 0.226. The molecule has 2 aliphatic heterocycles. The number of carbonyl (C=O) groups excluding carboxylic acids is 3. The average Bonchev–Trinajstić information content (AvgIpc) is 2.86. The summed E-state index contributed by atoms with van der Waals surface area (Å²) in [6.45, 7) is 4.74. The molecule has 2 fully saturated rings. The van der Waals surface area contributed by atoms with Crippen LogP contribution in [-0.2, 0) is 25.7 Å². The van der Waals surface area contributed by atoms with Gasteiger partial charge < -0.3 is 25.0 Å². The van der Waals surface area contributed by atoms with E-state index in [-0.39, 0.29) is 36.9 Å². The molecule has 2 heterocycles. The van der Waals surface area contributed by atoms with Crippen molar-refractivity contribution in [3.8, 4) is 0 Å². The van der Waals surface area contributed by atoms with E-state index in [4.69, 9.17) is 4.74 Å². The molecule has 0 radical (unpaired) electrons. The number of halogens is 3. The van der Waals surface area contributed by atoms with Gasteiger partial charge in [-0.3, -0.25) is 14.4 Å². The summed E-state index contributed by atoms with van der Waals surface area (Å²) in [5.41, 5.74) is -1.15. The Balaban J connectivity index is 1.91. The number of aldehydes is 1. The molecule has 0 spiro atoms. The number of aliphatic hydroxyl groups is 1. The maximum atomic E-state index is 13.8. The number of piperazine rings is 1. The number of nitrogens with zero attached hydrogens (tertiary/aromatic N) is 2. The molecule has 3 rings (SSSR count). The number of hydrogen-bond donors (Lipinski definition) is 2. The van der Waals surface area contributed by atoms with Crippen LogP contribution in [0.5, 0.6) is 0 Å². The second kappa shape index (κ2) is 9.65. The first-order valence-electron chi connectivity index (χ1n) is 10.2. The molecule has 1 aromatic carbocycles. The number of rotatable bonds is 5. The molecule has 0 aromatic heterocycles. The van der Waals surface area contributed by atoms with Crippen LogP contribution in [0.1, 0.15) is 26.3 Å². The number of aliphatic hydroxyl groups excluding tert-OH is 1. The monoisotopic (exact) mass is 467 g/mol. The minimum absolute atomic E-state index is 0.113. The lowest BCUT2D eigenvalue weighted by atomic mass is 10.0. The summed E-state index contributed by atoms with van der Waals surface area (Å²) in [6.07, 6.45) is 0.901. The predicted octanol–water partition coefficient (Wildman–Crippen LogP) is 1.91. The predicted molar refractivity (Wildman–Crippen MR) is 110 cm³/mol. The van der Waals surface area contributed by atoms with Crippen LogP contribution in [0.25, 0.3) is 0 Å². The van der Waals surface area contributed by atoms with Crippen LogP contribution in [0.2, 0.25) is 0 Å². The zero-order valence-electron chi connectivity index (χ0n) is 18.3. The SMILES string of the molecule is C/C(O)=C1/C(=O)N2C[C@H]([C@@H](C)OC[C@@H]2C)N1/C=C(\C=O)C(=O)NCc1c(F)cc(F)cc1F. The first-order chi connectivity index (χ1) is 15.5. The van der Waals surface area contributed by atoms with Gasteiger partial charge in [-0.2, -0.15) is 0 Å². The van der Waals surface area contributed by atoms with Gasteiger partial charge >= 0.3 is 0 Å². The smallest absolute Gasteiger partial charge is 0.274 e. The molecule has 3 atom stereocenters. The lowest BCUT2D eigenvalue weighted by Crippen LogP contribution is -2.57. The molecule has 33 heavy (non-hydrogen) atoms. The molecule has 8 nitrogen and oxygen atoms in total. The maximum absolute atomic E-state index is 13.8. The fraction of sp³-hybridized carbons (Fsp3) is 0.409. The van der Waals surface area contributed by atoms with Crippen molar-refractivity contribution in [1.29, 1.82) is 0 Å². The van der Waals surface area contributed by atoms with Crippen molar-refractivity contribution in [3.05, 3.63) is 58.4 Å². The van der Waals surface area contributed by atoms with E-state index in [1.54, 1.807) is 18.7 Å². The number of nitrogens with one attached hydrogen (secondary N) is 1. The molecule has 2 N–H and O–H groups in total. The molecule has 2 aliphatic rings. The van der Waals surface area contributed by atoms with Gasteiger partial charge in [-0.05, 0) is 20.8 Å². The van der Waals surface area contributed by atoms with Gasteiger partial charge in [-0.25, -0.2) is 13.2 Å². The Kier molecular flexibility index (Phi) is 7.11. The number of carbonyl (C=O) groups is 3. The Labute approximate surface area is 188 Å². The Morgan fingerprint density at radius 2 is 1.91 bits per heavy atom. The van der Waals surface area contributed by atoms with E-state index in [9.17, 15) is 32.7 Å². The summed E-state index contributed by atoms with van der Waals surface area (Å²) in [7, 11) is 0. The van der Waals surface area contributed by atoms with Crippen molar-refractivity contribution in [2.45, 2.75) is 45.5 Å². The van der Waals surface area contributed by atoms with Crippen molar-refractivity contribution < 1.29 is 37.4 Å². The highest BCUT2D eigenvalue weighted by atomic mass is 19.1. The molecule has 2 saturated heterocycles. The normalized spacial score (nSPS) is 25.0. The molecule has 1 aromatic rings. The topological polar surface area (TPSA) is 99.2 Å². The molecule has 2 amide bonds. The summed E-state index contributed by atoms with van der Waals surface area (Å²) in [6, 6.07) is 0.183. The van der Waals surface area contributed by atoms with E-state index in [1.165, 1.54) is 11.8 Å². The summed E-state index contributed by atoms with van der Waals surface area (Å²) in [4.78, 5) is 40.1. The largest absolute Gasteiger partial charge is 0.510 e. The number of ether oxygens (including phenoxy) is 1. The van der Waals surface area contributed by atoms with Crippen molar-refractivity contribution in [2.75, 3.05) is 13.2 Å². The average molecular weight is 467 g/mol. The van der Waals surface area contributed by atoms with Crippen LogP contribution in [-0.4, -0.2) is 64.3 Å². The Morgan fingerprint density at radius 3 is 2.48 bits per heavy atom. The van der Waals surface area contributed by atoms with E-state index >= 15 is 0 Å². The van der Waals surface area contributed by atoms with Gasteiger partial charge in [0.25, 0.3) is 11.8 Å². The molecule has 11 heteroatoms. The summed E-state index contributed by atoms with van der Waals surface area (Å²) in [5, 5.41) is 12.4. The molecule has 0 saturated carbocycles. The van der Waals surface area contributed by atoms with E-state index in [0.29, 0.717) is 12.1 Å². The standard InChI is InChI=1S/C22H24F3N3O5/c1-11-10-33-13(3)19-8-27(11)22(32)20(12(2)30)28(19)7-14(9-29)21(31)26-6-16-17(24)4-15(23)5-18(16)25/h4-5,7,9,11,13,19,30H,6,8,10H2,1-3H3,(H,26,31)/b14-7+,20-12+/t11-,13+,19+/m0/s1. The zero-order valence-corrected chi connectivity index (χ0v) is 18.3. The second-order valence-electron chi connectivity index (χ2n) is 7.99. The van der Waals surface area contributed by atoms with E-state index in [2.05, 4.69) is 5.32 Å². The minimum Gasteiger partial charge on any atom is -0.510 e. The summed E-state index contributed by atoms with van der Waals surface area (Å²) in [5.74, 6) is -5.27. The van der Waals surface area contributed by atoms with E-state index in [0.717, 1.165) is 6.20 Å². The van der Waals surface area contributed by atoms with Gasteiger partial charge in [0.1, 0.15) is 28.9 Å². The molecule has 178 valence electrons. The van der Waals surface area contributed by atoms with Gasteiger partial charge in [0, 0.05) is 37.0 Å². The van der Waals surface area contributed by atoms with Crippen LogP contribution in [0.3, 0.4) is 0 Å². The highest BCUT2D eigenvalue weighted by molar-refractivity contribution is 6.10. The van der Waals surface area contributed by atoms with E-state index in [1.807, 2.05) is 0 Å². The van der Waals surface area contributed by atoms with Crippen LogP contribution >= 0.6 is 0 Å². The van der Waals surface area contributed by atoms with E-state index < -0.39 is 59.1 Å². The fourth-order valence-corrected chi connectivity index (χ4v) is 3.84. The molecule has 0 unspecified atom stereocenters. The summed E-state index contributed by atoms with van der Waals surface area (Å²) < 4.78 is 46.5. The van der Waals surface area contributed by atoms with Crippen molar-refractivity contribution in [3.63, 3.8) is 0 Å². The third-order valence-electron chi connectivity index (χ3n) is 5.68. The second-order valence-corrected chi connectivity index (χ2v) is 7.99. The maximum Gasteiger partial charge on any atom is 0.274 e. The Hall–Kier alpha value is -3.34. The van der Waals surface area contributed by atoms with Gasteiger partial charge in [0.15, 0.2) is 6.29 Å². The number of amides is 2. The third-order valence-corrected chi connectivity index (χ3v) is 5.68. The molecule has 0 aliphatic carbocycles. The number of fused-ring (bicyclic) bond motifs is 2. The lowest BCUT2D eigenvalue weighted by molar-refractivity contribution is -0.134. The fourth-order valence-electron chi connectivity index (χ4n) is 3.84. The highest BCUT2D eigenvalue weighted by Gasteiger charge is 2.43. The van der Waals surface area contributed by atoms with Gasteiger partial charge in [0.05, 0.1) is 30.4 Å². The van der Waals surface area contributed by atoms with Gasteiger partial charge in [-0.1, -0.05) is 0 Å². The van der Waals surface area contributed by atoms with Crippen molar-refractivity contribution in [2.24, 2.45) is 0 Å².